The van der Waals surface area contributed by atoms with Gasteiger partial charge in [0.2, 0.25) is 0 Å². The summed E-state index contributed by atoms with van der Waals surface area (Å²) in [7, 11) is 0. The topological polar surface area (TPSA) is 95.2 Å². The first kappa shape index (κ1) is 11.5. The molecule has 0 N–H and O–H groups in total. The molecule has 0 aliphatic heterocycles. The van der Waals surface area contributed by atoms with Crippen LogP contribution in [0.1, 0.15) is 19.3 Å². The van der Waals surface area contributed by atoms with Gasteiger partial charge in [0.05, 0.1) is 0 Å². The van der Waals surface area contributed by atoms with Gasteiger partial charge in [0, 0.05) is 5.92 Å². The number of allylic oxidation sites excluding steroid dienone is 4. The summed E-state index contributed by atoms with van der Waals surface area (Å²) >= 11 is 0. The summed E-state index contributed by atoms with van der Waals surface area (Å²) in [4.78, 5) is 0. The number of hydrogen-bond donors (Lipinski definition) is 0. The Kier molecular flexibility index (Phi) is 3.85. The van der Waals surface area contributed by atoms with Gasteiger partial charge in [-0.2, -0.15) is 21.0 Å². The standard InChI is InChI=1S/C12H8N4/c13-5-9(6-14)4-10-2-1-3-12(10)11(7-15)8-16/h4,10H,1-3H2/t10-/m0/s1. The number of rotatable bonds is 1. The average molecular weight is 208 g/mol. The zero-order valence-electron chi connectivity index (χ0n) is 8.56. The van der Waals surface area contributed by atoms with Gasteiger partial charge in [-0.3, -0.25) is 0 Å². The van der Waals surface area contributed by atoms with Crippen LogP contribution in [0.4, 0.5) is 0 Å². The Morgan fingerprint density at radius 1 is 1.06 bits per heavy atom. The lowest BCUT2D eigenvalue weighted by Crippen LogP contribution is -1.96. The van der Waals surface area contributed by atoms with E-state index in [9.17, 15) is 0 Å². The Morgan fingerprint density at radius 2 is 1.69 bits per heavy atom. The van der Waals surface area contributed by atoms with E-state index < -0.39 is 0 Å². The van der Waals surface area contributed by atoms with Crippen LogP contribution in [0.15, 0.2) is 22.8 Å². The molecule has 0 radical (unpaired) electrons. The van der Waals surface area contributed by atoms with Crippen LogP contribution < -0.4 is 0 Å². The van der Waals surface area contributed by atoms with Gasteiger partial charge in [0.25, 0.3) is 0 Å². The third-order valence-corrected chi connectivity index (χ3v) is 2.56. The Hall–Kier alpha value is -2.56. The SMILES string of the molecule is N#CC(C#N)=C[C@@H]1CCCC1=C(C#N)C#N. The summed E-state index contributed by atoms with van der Waals surface area (Å²) in [5.41, 5.74) is 0.918. The lowest BCUT2D eigenvalue weighted by molar-refractivity contribution is 0.762. The van der Waals surface area contributed by atoms with Gasteiger partial charge in [-0.1, -0.05) is 0 Å². The molecule has 0 amide bonds. The molecule has 0 aromatic carbocycles. The molecule has 1 saturated carbocycles. The van der Waals surface area contributed by atoms with E-state index in [-0.39, 0.29) is 17.1 Å². The molecule has 1 rings (SSSR count). The lowest BCUT2D eigenvalue weighted by Gasteiger charge is -2.05. The van der Waals surface area contributed by atoms with Crippen molar-refractivity contribution < 1.29 is 0 Å². The van der Waals surface area contributed by atoms with Crippen LogP contribution >= 0.6 is 0 Å². The Morgan fingerprint density at radius 3 is 2.19 bits per heavy atom. The first-order valence-electron chi connectivity index (χ1n) is 4.82. The third kappa shape index (κ3) is 2.27. The molecule has 76 valence electrons. The smallest absolute Gasteiger partial charge is 0.129 e. The molecule has 1 aliphatic rings. The predicted molar refractivity (Wildman–Crippen MR) is 54.9 cm³/mol. The summed E-state index contributed by atoms with van der Waals surface area (Å²) in [6.07, 6.45) is 3.92. The second-order valence-electron chi connectivity index (χ2n) is 3.43. The highest BCUT2D eigenvalue weighted by Gasteiger charge is 2.23. The molecule has 1 fully saturated rings. The highest BCUT2D eigenvalue weighted by atomic mass is 14.3. The number of hydrogen-bond acceptors (Lipinski definition) is 4. The van der Waals surface area contributed by atoms with Crippen molar-refractivity contribution in [2.45, 2.75) is 19.3 Å². The molecule has 0 heterocycles. The number of nitrogens with zero attached hydrogens (tertiary/aromatic N) is 4. The van der Waals surface area contributed by atoms with Gasteiger partial charge >= 0.3 is 0 Å². The van der Waals surface area contributed by atoms with E-state index in [0.29, 0.717) is 6.42 Å². The van der Waals surface area contributed by atoms with E-state index >= 15 is 0 Å². The van der Waals surface area contributed by atoms with Crippen LogP contribution in [0.25, 0.3) is 0 Å². The predicted octanol–water partition coefficient (Wildman–Crippen LogP) is 2.10. The fourth-order valence-electron chi connectivity index (χ4n) is 1.84. The maximum Gasteiger partial charge on any atom is 0.129 e. The molecule has 1 aliphatic carbocycles. The van der Waals surface area contributed by atoms with Crippen molar-refractivity contribution in [3.05, 3.63) is 22.8 Å². The molecule has 1 atom stereocenters. The summed E-state index contributed by atoms with van der Waals surface area (Å²) in [5, 5.41) is 34.8. The zero-order chi connectivity index (χ0) is 12.0. The Balaban J connectivity index is 3.11. The van der Waals surface area contributed by atoms with Crippen LogP contribution in [0, 0.1) is 51.2 Å². The highest BCUT2D eigenvalue weighted by Crippen LogP contribution is 2.34. The van der Waals surface area contributed by atoms with Crippen molar-refractivity contribution in [3.63, 3.8) is 0 Å². The van der Waals surface area contributed by atoms with Crippen molar-refractivity contribution in [1.82, 2.24) is 0 Å². The summed E-state index contributed by atoms with van der Waals surface area (Å²) < 4.78 is 0. The van der Waals surface area contributed by atoms with E-state index in [1.165, 1.54) is 0 Å². The van der Waals surface area contributed by atoms with Crippen molar-refractivity contribution in [2.75, 3.05) is 0 Å². The molecule has 4 nitrogen and oxygen atoms in total. The molecule has 0 spiro atoms. The average Bonchev–Trinajstić information content (AvgIpc) is 2.76. The van der Waals surface area contributed by atoms with Gasteiger partial charge in [-0.05, 0) is 30.9 Å². The van der Waals surface area contributed by atoms with E-state index in [4.69, 9.17) is 21.0 Å². The minimum Gasteiger partial charge on any atom is -0.192 e. The normalized spacial score (nSPS) is 17.5. The van der Waals surface area contributed by atoms with Crippen molar-refractivity contribution in [1.29, 1.82) is 21.0 Å². The zero-order valence-corrected chi connectivity index (χ0v) is 8.56. The lowest BCUT2D eigenvalue weighted by atomic mass is 9.96. The number of nitriles is 4. The van der Waals surface area contributed by atoms with Crippen molar-refractivity contribution in [3.8, 4) is 24.3 Å². The van der Waals surface area contributed by atoms with E-state index in [1.807, 2.05) is 12.1 Å². The van der Waals surface area contributed by atoms with Gasteiger partial charge in [-0.25, -0.2) is 0 Å². The fourth-order valence-corrected chi connectivity index (χ4v) is 1.84. The van der Waals surface area contributed by atoms with Gasteiger partial charge in [-0.15, -0.1) is 0 Å². The second kappa shape index (κ2) is 5.35. The molecule has 0 bridgehead atoms. The van der Waals surface area contributed by atoms with Crippen LogP contribution in [-0.4, -0.2) is 0 Å². The summed E-state index contributed by atoms with van der Waals surface area (Å²) in [5.74, 6) is -0.108. The van der Waals surface area contributed by atoms with Crippen LogP contribution in [-0.2, 0) is 0 Å². The first-order chi connectivity index (χ1) is 7.76. The van der Waals surface area contributed by atoms with E-state index in [0.717, 1.165) is 18.4 Å². The monoisotopic (exact) mass is 208 g/mol. The summed E-state index contributed by atoms with van der Waals surface area (Å²) in [6.45, 7) is 0. The van der Waals surface area contributed by atoms with E-state index in [2.05, 4.69) is 0 Å². The maximum absolute atomic E-state index is 8.77. The third-order valence-electron chi connectivity index (χ3n) is 2.56. The fraction of sp³-hybridized carbons (Fsp3) is 0.333. The second-order valence-corrected chi connectivity index (χ2v) is 3.43. The maximum atomic E-state index is 8.77. The van der Waals surface area contributed by atoms with Gasteiger partial charge < -0.3 is 0 Å². The summed E-state index contributed by atoms with van der Waals surface area (Å²) in [6, 6.07) is 7.28. The Labute approximate surface area is 93.9 Å². The van der Waals surface area contributed by atoms with Gasteiger partial charge in [0.1, 0.15) is 35.4 Å². The molecule has 0 aromatic heterocycles. The van der Waals surface area contributed by atoms with Crippen LogP contribution in [0.2, 0.25) is 0 Å². The molecule has 4 heteroatoms. The minimum absolute atomic E-state index is 0.0413. The van der Waals surface area contributed by atoms with Crippen molar-refractivity contribution in [2.24, 2.45) is 5.92 Å². The molecular formula is C12H8N4. The minimum atomic E-state index is -0.108. The van der Waals surface area contributed by atoms with E-state index in [1.54, 1.807) is 18.2 Å². The molecule has 0 aromatic rings. The molecular weight excluding hydrogens is 200 g/mol. The largest absolute Gasteiger partial charge is 0.192 e. The molecule has 0 saturated heterocycles. The highest BCUT2D eigenvalue weighted by molar-refractivity contribution is 5.45. The van der Waals surface area contributed by atoms with Crippen molar-refractivity contribution >= 4 is 0 Å². The molecule has 16 heavy (non-hydrogen) atoms. The molecule has 0 unspecified atom stereocenters. The van der Waals surface area contributed by atoms with Crippen LogP contribution in [0.3, 0.4) is 0 Å². The first-order valence-corrected chi connectivity index (χ1v) is 4.82. The quantitative estimate of drug-likeness (QED) is 0.616. The van der Waals surface area contributed by atoms with Gasteiger partial charge in [0.15, 0.2) is 0 Å². The van der Waals surface area contributed by atoms with Crippen LogP contribution in [0.5, 0.6) is 0 Å². The Bertz CT molecular complexity index is 479.